The number of hydrogen-bond donors (Lipinski definition) is 1. The zero-order valence-electron chi connectivity index (χ0n) is 14.4. The van der Waals surface area contributed by atoms with Gasteiger partial charge >= 0.3 is 0 Å². The van der Waals surface area contributed by atoms with Crippen molar-refractivity contribution in [3.63, 3.8) is 0 Å². The molecular weight excluding hydrogens is 308 g/mol. The van der Waals surface area contributed by atoms with Crippen molar-refractivity contribution < 1.29 is 18.6 Å². The molecule has 24 heavy (non-hydrogen) atoms. The summed E-state index contributed by atoms with van der Waals surface area (Å²) in [6, 6.07) is 8.08. The molecule has 1 aliphatic rings. The maximum Gasteiger partial charge on any atom is 0.203 e. The third-order valence-corrected chi connectivity index (χ3v) is 4.05. The van der Waals surface area contributed by atoms with Crippen LogP contribution in [0.25, 0.3) is 0 Å². The molecule has 130 valence electrons. The summed E-state index contributed by atoms with van der Waals surface area (Å²) in [4.78, 5) is 2.14. The lowest BCUT2D eigenvalue weighted by Gasteiger charge is -2.24. The Morgan fingerprint density at radius 1 is 1.25 bits per heavy atom. The van der Waals surface area contributed by atoms with Crippen LogP contribution in [0.15, 0.2) is 34.9 Å². The Balaban J connectivity index is 1.66. The quantitative estimate of drug-likeness (QED) is 0.840. The van der Waals surface area contributed by atoms with E-state index >= 15 is 0 Å². The van der Waals surface area contributed by atoms with Gasteiger partial charge in [-0.15, -0.1) is 0 Å². The Hall–Kier alpha value is -2.18. The molecular formula is C18H24N2O4. The molecule has 1 N–H and O–H groups in total. The molecule has 0 saturated carbocycles. The van der Waals surface area contributed by atoms with Crippen molar-refractivity contribution in [2.45, 2.75) is 12.6 Å². The molecule has 1 aromatic carbocycles. The SMILES string of the molecule is COc1cc(CNC[C@@H](c2ccco2)N(C)C)cc2c1OCCO2. The van der Waals surface area contributed by atoms with Crippen LogP contribution in [0, 0.1) is 0 Å². The van der Waals surface area contributed by atoms with E-state index in [0.29, 0.717) is 31.3 Å². The molecule has 3 rings (SSSR count). The van der Waals surface area contributed by atoms with Gasteiger partial charge in [0.05, 0.1) is 19.4 Å². The molecule has 0 radical (unpaired) electrons. The molecule has 1 aromatic heterocycles. The molecule has 2 heterocycles. The zero-order valence-corrected chi connectivity index (χ0v) is 14.4. The second-order valence-electron chi connectivity index (χ2n) is 5.95. The lowest BCUT2D eigenvalue weighted by Crippen LogP contribution is -2.30. The highest BCUT2D eigenvalue weighted by Gasteiger charge is 2.19. The number of likely N-dealkylation sites (N-methyl/N-ethyl adjacent to an activating group) is 1. The Morgan fingerprint density at radius 2 is 2.08 bits per heavy atom. The summed E-state index contributed by atoms with van der Waals surface area (Å²) in [5, 5.41) is 3.48. The van der Waals surface area contributed by atoms with E-state index in [4.69, 9.17) is 18.6 Å². The molecule has 1 aliphatic heterocycles. The van der Waals surface area contributed by atoms with E-state index in [1.807, 2.05) is 38.4 Å². The number of methoxy groups -OCH3 is 1. The molecule has 1 atom stereocenters. The van der Waals surface area contributed by atoms with E-state index < -0.39 is 0 Å². The van der Waals surface area contributed by atoms with Crippen molar-refractivity contribution in [3.05, 3.63) is 41.9 Å². The van der Waals surface area contributed by atoms with E-state index in [-0.39, 0.29) is 6.04 Å². The molecule has 0 spiro atoms. The number of rotatable bonds is 7. The van der Waals surface area contributed by atoms with Crippen LogP contribution in [-0.2, 0) is 6.54 Å². The highest BCUT2D eigenvalue weighted by molar-refractivity contribution is 5.54. The van der Waals surface area contributed by atoms with Crippen LogP contribution in [0.1, 0.15) is 17.4 Å². The van der Waals surface area contributed by atoms with Gasteiger partial charge in [-0.05, 0) is 43.9 Å². The van der Waals surface area contributed by atoms with E-state index in [9.17, 15) is 0 Å². The van der Waals surface area contributed by atoms with Crippen molar-refractivity contribution in [1.29, 1.82) is 0 Å². The van der Waals surface area contributed by atoms with Crippen LogP contribution in [0.2, 0.25) is 0 Å². The molecule has 0 bridgehead atoms. The Kier molecular flexibility index (Phi) is 5.27. The molecule has 0 fully saturated rings. The first kappa shape index (κ1) is 16.7. The highest BCUT2D eigenvalue weighted by atomic mass is 16.6. The number of hydrogen-bond acceptors (Lipinski definition) is 6. The van der Waals surface area contributed by atoms with Crippen LogP contribution >= 0.6 is 0 Å². The van der Waals surface area contributed by atoms with E-state index in [1.165, 1.54) is 0 Å². The standard InChI is InChI=1S/C18H24N2O4/c1-20(2)14(15-5-4-6-22-15)12-19-11-13-9-16(21-3)18-17(10-13)23-7-8-24-18/h4-6,9-10,14,19H,7-8,11-12H2,1-3H3/t14-/m0/s1. The van der Waals surface area contributed by atoms with Gasteiger partial charge in [0, 0.05) is 13.1 Å². The summed E-state index contributed by atoms with van der Waals surface area (Å²) < 4.78 is 22.3. The average molecular weight is 332 g/mol. The van der Waals surface area contributed by atoms with Crippen LogP contribution in [0.5, 0.6) is 17.2 Å². The fraction of sp³-hybridized carbons (Fsp3) is 0.444. The highest BCUT2D eigenvalue weighted by Crippen LogP contribution is 2.40. The van der Waals surface area contributed by atoms with Crippen LogP contribution in [0.3, 0.4) is 0 Å². The molecule has 0 unspecified atom stereocenters. The molecule has 0 amide bonds. The number of furan rings is 1. The summed E-state index contributed by atoms with van der Waals surface area (Å²) in [5.74, 6) is 3.09. The lowest BCUT2D eigenvalue weighted by molar-refractivity contribution is 0.165. The summed E-state index contributed by atoms with van der Waals surface area (Å²) in [6.07, 6.45) is 1.71. The Labute approximate surface area is 142 Å². The van der Waals surface area contributed by atoms with Crippen LogP contribution in [0.4, 0.5) is 0 Å². The predicted molar refractivity (Wildman–Crippen MR) is 90.8 cm³/mol. The monoisotopic (exact) mass is 332 g/mol. The van der Waals surface area contributed by atoms with E-state index in [1.54, 1.807) is 13.4 Å². The first-order chi connectivity index (χ1) is 11.7. The summed E-state index contributed by atoms with van der Waals surface area (Å²) in [7, 11) is 5.73. The van der Waals surface area contributed by atoms with Crippen molar-refractivity contribution >= 4 is 0 Å². The number of ether oxygens (including phenoxy) is 3. The van der Waals surface area contributed by atoms with Gasteiger partial charge in [-0.25, -0.2) is 0 Å². The lowest BCUT2D eigenvalue weighted by atomic mass is 10.1. The normalized spacial score (nSPS) is 14.7. The third kappa shape index (κ3) is 3.66. The summed E-state index contributed by atoms with van der Waals surface area (Å²) in [6.45, 7) is 2.60. The fourth-order valence-corrected chi connectivity index (χ4v) is 2.80. The summed E-state index contributed by atoms with van der Waals surface area (Å²) >= 11 is 0. The van der Waals surface area contributed by atoms with E-state index in [0.717, 1.165) is 23.6 Å². The molecule has 2 aromatic rings. The predicted octanol–water partition coefficient (Wildman–Crippen LogP) is 2.45. The topological polar surface area (TPSA) is 56.1 Å². The minimum absolute atomic E-state index is 0.180. The number of benzene rings is 1. The molecule has 0 saturated heterocycles. The first-order valence-corrected chi connectivity index (χ1v) is 8.06. The molecule has 0 aliphatic carbocycles. The van der Waals surface area contributed by atoms with Crippen molar-refractivity contribution in [2.75, 3.05) is 41.0 Å². The number of nitrogens with one attached hydrogen (secondary N) is 1. The Morgan fingerprint density at radius 3 is 2.79 bits per heavy atom. The van der Waals surface area contributed by atoms with Gasteiger partial charge in [0.15, 0.2) is 11.5 Å². The number of fused-ring (bicyclic) bond motifs is 1. The zero-order chi connectivity index (χ0) is 16.9. The average Bonchev–Trinajstić information content (AvgIpc) is 3.11. The largest absolute Gasteiger partial charge is 0.493 e. The maximum atomic E-state index is 5.68. The van der Waals surface area contributed by atoms with Gasteiger partial charge in [0.25, 0.3) is 0 Å². The van der Waals surface area contributed by atoms with Crippen molar-refractivity contribution in [3.8, 4) is 17.2 Å². The second-order valence-corrected chi connectivity index (χ2v) is 5.95. The fourth-order valence-electron chi connectivity index (χ4n) is 2.80. The van der Waals surface area contributed by atoms with Crippen LogP contribution in [-0.4, -0.2) is 45.9 Å². The van der Waals surface area contributed by atoms with Crippen molar-refractivity contribution in [1.82, 2.24) is 10.2 Å². The number of nitrogens with zero attached hydrogens (tertiary/aromatic N) is 1. The molecule has 6 heteroatoms. The first-order valence-electron chi connectivity index (χ1n) is 8.06. The van der Waals surface area contributed by atoms with Crippen LogP contribution < -0.4 is 19.5 Å². The second kappa shape index (κ2) is 7.59. The Bertz CT molecular complexity index is 638. The van der Waals surface area contributed by atoms with Gasteiger partial charge in [0.1, 0.15) is 19.0 Å². The third-order valence-electron chi connectivity index (χ3n) is 4.05. The van der Waals surface area contributed by atoms with Gasteiger partial charge in [0.2, 0.25) is 5.75 Å². The minimum atomic E-state index is 0.180. The van der Waals surface area contributed by atoms with E-state index in [2.05, 4.69) is 10.2 Å². The maximum absolute atomic E-state index is 5.68. The summed E-state index contributed by atoms with van der Waals surface area (Å²) in [5.41, 5.74) is 1.09. The molecule has 6 nitrogen and oxygen atoms in total. The van der Waals surface area contributed by atoms with Gasteiger partial charge < -0.3 is 23.9 Å². The van der Waals surface area contributed by atoms with Gasteiger partial charge in [-0.3, -0.25) is 4.90 Å². The van der Waals surface area contributed by atoms with Crippen molar-refractivity contribution in [2.24, 2.45) is 0 Å². The van der Waals surface area contributed by atoms with Gasteiger partial charge in [-0.2, -0.15) is 0 Å². The smallest absolute Gasteiger partial charge is 0.203 e. The van der Waals surface area contributed by atoms with Gasteiger partial charge in [-0.1, -0.05) is 0 Å². The minimum Gasteiger partial charge on any atom is -0.493 e.